The van der Waals surface area contributed by atoms with Gasteiger partial charge < -0.3 is 34.9 Å². The summed E-state index contributed by atoms with van der Waals surface area (Å²) >= 11 is -1.15. The van der Waals surface area contributed by atoms with Crippen molar-refractivity contribution in [1.29, 1.82) is 0 Å². The number of morpholine rings is 1. The number of amidine groups is 1. The lowest BCUT2D eigenvalue weighted by atomic mass is 9.88. The number of benzene rings is 1. The number of nitrogens with two attached hydrogens (primary N) is 1. The van der Waals surface area contributed by atoms with Crippen molar-refractivity contribution in [2.24, 2.45) is 10.7 Å². The standard InChI is InChI=1S/C28H39N5O4S/c1-20(30-27(26-25(29)9-18-38(26)35)31-24-7-14-36-15-8-24)32-10-5-21(6-11-32)22-3-2-4-23(19-22)28(34)33-12-16-37-17-13-33/h2-4,19,21,24H,1,5-18,29H2,(H,30,31). The number of aliphatic imine (C=N–C) groups is 1. The normalized spacial score (nSPS) is 24.1. The van der Waals surface area contributed by atoms with Gasteiger partial charge in [-0.15, -0.1) is 0 Å². The fourth-order valence-electron chi connectivity index (χ4n) is 5.55. The Morgan fingerprint density at radius 2 is 1.76 bits per heavy atom. The number of hydrogen-bond acceptors (Lipinski definition) is 7. The van der Waals surface area contributed by atoms with E-state index >= 15 is 0 Å². The Balaban J connectivity index is 1.23. The maximum atomic E-state index is 13.0. The average Bonchev–Trinajstić information content (AvgIpc) is 3.30. The van der Waals surface area contributed by atoms with Gasteiger partial charge in [0.15, 0.2) is 5.84 Å². The van der Waals surface area contributed by atoms with Crippen molar-refractivity contribution >= 4 is 22.9 Å². The fraction of sp³-hybridized carbons (Fsp3) is 0.571. The summed E-state index contributed by atoms with van der Waals surface area (Å²) in [6.45, 7) is 9.80. The van der Waals surface area contributed by atoms with Crippen LogP contribution in [0.4, 0.5) is 0 Å². The molecular formula is C28H39N5O4S. The number of carbonyl (C=O) groups is 1. The largest absolute Gasteiger partial charge is 0.611 e. The highest BCUT2D eigenvalue weighted by atomic mass is 32.2. The molecule has 1 atom stereocenters. The first-order chi connectivity index (χ1) is 18.5. The smallest absolute Gasteiger partial charge is 0.254 e. The van der Waals surface area contributed by atoms with Crippen LogP contribution in [0, 0.1) is 0 Å². The summed E-state index contributed by atoms with van der Waals surface area (Å²) in [5, 5.41) is 3.51. The number of hydrogen-bond donors (Lipinski definition) is 2. The zero-order valence-electron chi connectivity index (χ0n) is 22.0. The maximum absolute atomic E-state index is 13.0. The molecule has 10 heteroatoms. The molecule has 5 rings (SSSR count). The summed E-state index contributed by atoms with van der Waals surface area (Å²) in [6.07, 6.45) is 4.28. The third-order valence-electron chi connectivity index (χ3n) is 7.86. The number of likely N-dealkylation sites (tertiary alicyclic amines) is 1. The molecule has 1 unspecified atom stereocenters. The number of nitrogens with zero attached hydrogens (tertiary/aromatic N) is 3. The predicted molar refractivity (Wildman–Crippen MR) is 149 cm³/mol. The Morgan fingerprint density at radius 1 is 1.05 bits per heavy atom. The lowest BCUT2D eigenvalue weighted by Gasteiger charge is -2.34. The van der Waals surface area contributed by atoms with Crippen LogP contribution in [-0.2, 0) is 20.6 Å². The molecule has 0 spiro atoms. The molecule has 3 N–H and O–H groups in total. The van der Waals surface area contributed by atoms with Crippen molar-refractivity contribution in [3.63, 3.8) is 0 Å². The van der Waals surface area contributed by atoms with E-state index < -0.39 is 11.2 Å². The van der Waals surface area contributed by atoms with E-state index in [1.807, 2.05) is 17.0 Å². The van der Waals surface area contributed by atoms with Crippen molar-refractivity contribution in [2.75, 3.05) is 58.4 Å². The van der Waals surface area contributed by atoms with Gasteiger partial charge in [-0.25, -0.2) is 4.99 Å². The van der Waals surface area contributed by atoms with Crippen molar-refractivity contribution in [2.45, 2.75) is 44.1 Å². The van der Waals surface area contributed by atoms with Crippen LogP contribution >= 0.6 is 0 Å². The molecule has 9 nitrogen and oxygen atoms in total. The van der Waals surface area contributed by atoms with E-state index in [-0.39, 0.29) is 11.9 Å². The Hall–Kier alpha value is -2.53. The van der Waals surface area contributed by atoms with Crippen LogP contribution in [0.15, 0.2) is 52.3 Å². The molecule has 206 valence electrons. The second-order valence-electron chi connectivity index (χ2n) is 10.4. The van der Waals surface area contributed by atoms with Gasteiger partial charge in [0.25, 0.3) is 5.91 Å². The molecule has 38 heavy (non-hydrogen) atoms. The molecule has 4 aliphatic heterocycles. The van der Waals surface area contributed by atoms with E-state index in [1.54, 1.807) is 0 Å². The van der Waals surface area contributed by atoms with Gasteiger partial charge >= 0.3 is 0 Å². The molecule has 4 aliphatic rings. The van der Waals surface area contributed by atoms with Gasteiger partial charge in [-0.1, -0.05) is 18.7 Å². The first kappa shape index (κ1) is 27.1. The number of nitrogens with one attached hydrogen (secondary N) is 1. The third kappa shape index (κ3) is 6.36. The Morgan fingerprint density at radius 3 is 2.45 bits per heavy atom. The van der Waals surface area contributed by atoms with E-state index in [1.165, 1.54) is 5.56 Å². The zero-order chi connectivity index (χ0) is 26.5. The highest BCUT2D eigenvalue weighted by Crippen LogP contribution is 2.31. The summed E-state index contributed by atoms with van der Waals surface area (Å²) in [4.78, 5) is 22.5. The number of piperidine rings is 1. The molecule has 0 aliphatic carbocycles. The first-order valence-corrected chi connectivity index (χ1v) is 15.0. The van der Waals surface area contributed by atoms with Gasteiger partial charge in [0, 0.05) is 57.4 Å². The molecule has 1 aromatic carbocycles. The van der Waals surface area contributed by atoms with E-state index in [0.717, 1.165) is 44.3 Å². The van der Waals surface area contributed by atoms with Crippen LogP contribution in [0.2, 0.25) is 0 Å². The minimum Gasteiger partial charge on any atom is -0.611 e. The van der Waals surface area contributed by atoms with Gasteiger partial charge in [0.2, 0.25) is 4.91 Å². The fourth-order valence-corrected chi connectivity index (χ4v) is 6.88. The molecule has 0 radical (unpaired) electrons. The Bertz CT molecular complexity index is 1070. The minimum absolute atomic E-state index is 0.0812. The highest BCUT2D eigenvalue weighted by molar-refractivity contribution is 7.96. The molecule has 0 bridgehead atoms. The lowest BCUT2D eigenvalue weighted by Crippen LogP contribution is -2.42. The SMILES string of the molecule is C=C(/N=C(/NC1CCOCC1)C1=C(N)CC[S+]1[O-])N1CCC(c2cccc(C(=O)N3CCOCC3)c2)CC1. The highest BCUT2D eigenvalue weighted by Gasteiger charge is 2.33. The van der Waals surface area contributed by atoms with Crippen molar-refractivity contribution < 1.29 is 18.8 Å². The average molecular weight is 542 g/mol. The summed E-state index contributed by atoms with van der Waals surface area (Å²) in [7, 11) is 0. The van der Waals surface area contributed by atoms with Crippen LogP contribution in [0.25, 0.3) is 0 Å². The minimum atomic E-state index is -1.15. The second kappa shape index (κ2) is 12.5. The van der Waals surface area contributed by atoms with Crippen LogP contribution < -0.4 is 11.1 Å². The van der Waals surface area contributed by atoms with E-state index in [9.17, 15) is 9.35 Å². The van der Waals surface area contributed by atoms with Crippen LogP contribution in [0.1, 0.15) is 53.9 Å². The number of rotatable bonds is 6. The topological polar surface area (TPSA) is 115 Å². The molecule has 4 heterocycles. The number of ether oxygens (including phenoxy) is 2. The summed E-state index contributed by atoms with van der Waals surface area (Å²) in [5.74, 6) is 2.27. The molecule has 1 aromatic rings. The number of allylic oxidation sites excluding steroid dienone is 1. The van der Waals surface area contributed by atoms with E-state index in [2.05, 4.69) is 28.9 Å². The molecule has 1 amide bonds. The Labute approximate surface area is 228 Å². The van der Waals surface area contributed by atoms with E-state index in [0.29, 0.717) is 79.9 Å². The van der Waals surface area contributed by atoms with Crippen LogP contribution in [-0.4, -0.2) is 90.5 Å². The lowest BCUT2D eigenvalue weighted by molar-refractivity contribution is 0.0303. The maximum Gasteiger partial charge on any atom is 0.254 e. The monoisotopic (exact) mass is 541 g/mol. The van der Waals surface area contributed by atoms with E-state index in [4.69, 9.17) is 20.2 Å². The van der Waals surface area contributed by atoms with Crippen molar-refractivity contribution in [3.05, 3.63) is 58.4 Å². The van der Waals surface area contributed by atoms with Gasteiger partial charge in [0.1, 0.15) is 11.6 Å². The summed E-state index contributed by atoms with van der Waals surface area (Å²) in [5.41, 5.74) is 8.87. The zero-order valence-corrected chi connectivity index (χ0v) is 22.8. The molecule has 0 saturated carbocycles. The van der Waals surface area contributed by atoms with Gasteiger partial charge in [-0.2, -0.15) is 0 Å². The van der Waals surface area contributed by atoms with Crippen LogP contribution in [0.3, 0.4) is 0 Å². The number of amides is 1. The molecular weight excluding hydrogens is 502 g/mol. The van der Waals surface area contributed by atoms with Crippen molar-refractivity contribution in [1.82, 2.24) is 15.1 Å². The summed E-state index contributed by atoms with van der Waals surface area (Å²) < 4.78 is 23.6. The molecule has 0 aromatic heterocycles. The molecule has 3 saturated heterocycles. The third-order valence-corrected chi connectivity index (χ3v) is 9.34. The Kier molecular flexibility index (Phi) is 8.93. The van der Waals surface area contributed by atoms with Gasteiger partial charge in [-0.3, -0.25) is 4.79 Å². The molecule has 3 fully saturated rings. The predicted octanol–water partition coefficient (Wildman–Crippen LogP) is 2.30. The second-order valence-corrected chi connectivity index (χ2v) is 11.9. The van der Waals surface area contributed by atoms with Crippen LogP contribution in [0.5, 0.6) is 0 Å². The number of carbonyl (C=O) groups excluding carboxylic acids is 1. The van der Waals surface area contributed by atoms with Gasteiger partial charge in [-0.05, 0) is 60.5 Å². The van der Waals surface area contributed by atoms with Gasteiger partial charge in [0.05, 0.1) is 18.9 Å². The quantitative estimate of drug-likeness (QED) is 0.323. The summed E-state index contributed by atoms with van der Waals surface area (Å²) in [6, 6.07) is 8.31. The van der Waals surface area contributed by atoms with Crippen molar-refractivity contribution in [3.8, 4) is 0 Å². The first-order valence-electron chi connectivity index (χ1n) is 13.7.